The molecule has 1 aliphatic rings. The lowest BCUT2D eigenvalue weighted by Gasteiger charge is -2.28. The molecule has 0 aromatic carbocycles. The van der Waals surface area contributed by atoms with Crippen LogP contribution in [0.5, 0.6) is 0 Å². The van der Waals surface area contributed by atoms with Gasteiger partial charge in [-0.25, -0.2) is 9.97 Å². The van der Waals surface area contributed by atoms with Crippen LogP contribution in [0.25, 0.3) is 11.0 Å². The topological polar surface area (TPSA) is 73.9 Å². The number of carbonyl (C=O) groups is 1. The summed E-state index contributed by atoms with van der Waals surface area (Å²) in [4.78, 5) is 28.2. The van der Waals surface area contributed by atoms with Crippen molar-refractivity contribution >= 4 is 34.1 Å². The summed E-state index contributed by atoms with van der Waals surface area (Å²) in [5.41, 5.74) is 3.71. The van der Waals surface area contributed by atoms with Crippen LogP contribution in [0.1, 0.15) is 44.7 Å². The summed E-state index contributed by atoms with van der Waals surface area (Å²) >= 11 is 1.53. The number of aryl methyl sites for hydroxylation is 2. The maximum atomic E-state index is 12.5. The number of fused-ring (bicyclic) bond motifs is 1. The average molecular weight is 369 g/mol. The fourth-order valence-electron chi connectivity index (χ4n) is 3.64. The fraction of sp³-hybridized carbons (Fsp3) is 0.421. The number of aromatic nitrogens is 3. The Morgan fingerprint density at radius 1 is 1.27 bits per heavy atom. The summed E-state index contributed by atoms with van der Waals surface area (Å²) < 4.78 is 0. The van der Waals surface area contributed by atoms with Crippen molar-refractivity contribution in [3.05, 3.63) is 39.5 Å². The van der Waals surface area contributed by atoms with Crippen LogP contribution in [-0.2, 0) is 0 Å². The highest BCUT2D eigenvalue weighted by Crippen LogP contribution is 2.32. The van der Waals surface area contributed by atoms with Crippen LogP contribution in [0.4, 0.5) is 5.82 Å². The van der Waals surface area contributed by atoms with Crippen molar-refractivity contribution < 1.29 is 4.79 Å². The van der Waals surface area contributed by atoms with Crippen molar-refractivity contribution in [3.63, 3.8) is 0 Å². The molecule has 26 heavy (non-hydrogen) atoms. The smallest absolute Gasteiger partial charge is 0.276 e. The largest absolute Gasteiger partial charge is 0.360 e. The van der Waals surface area contributed by atoms with Crippen LogP contribution >= 0.6 is 11.3 Å². The molecule has 0 aliphatic carbocycles. The number of likely N-dealkylation sites (tertiary alicyclic amines) is 1. The molecule has 0 saturated carbocycles. The quantitative estimate of drug-likeness (QED) is 0.738. The molecule has 6 nitrogen and oxygen atoms in total. The third-order valence-corrected chi connectivity index (χ3v) is 5.96. The van der Waals surface area contributed by atoms with Crippen molar-refractivity contribution in [1.82, 2.24) is 19.9 Å². The minimum absolute atomic E-state index is 0.199. The molecule has 3 aromatic rings. The van der Waals surface area contributed by atoms with E-state index >= 15 is 0 Å². The van der Waals surface area contributed by atoms with Crippen molar-refractivity contribution in [1.29, 1.82) is 0 Å². The number of anilines is 1. The van der Waals surface area contributed by atoms with Gasteiger partial charge in [0.25, 0.3) is 5.91 Å². The van der Waals surface area contributed by atoms with Gasteiger partial charge in [-0.15, -0.1) is 11.3 Å². The minimum Gasteiger partial charge on any atom is -0.360 e. The first kappa shape index (κ1) is 17.2. The number of nitrogens with one attached hydrogen (secondary N) is 2. The predicted molar refractivity (Wildman–Crippen MR) is 105 cm³/mol. The number of pyridine rings is 1. The van der Waals surface area contributed by atoms with Crippen molar-refractivity contribution in [2.24, 2.45) is 0 Å². The summed E-state index contributed by atoms with van der Waals surface area (Å²) in [5, 5.41) is 3.80. The lowest BCUT2D eigenvalue weighted by Crippen LogP contribution is -2.29. The summed E-state index contributed by atoms with van der Waals surface area (Å²) in [6.07, 6.45) is 4.35. The second-order valence-electron chi connectivity index (χ2n) is 7.01. The summed E-state index contributed by atoms with van der Waals surface area (Å²) in [7, 11) is 2.17. The van der Waals surface area contributed by atoms with Crippen LogP contribution in [-0.4, -0.2) is 45.9 Å². The summed E-state index contributed by atoms with van der Waals surface area (Å²) in [5.74, 6) is 0.887. The first-order valence-corrected chi connectivity index (χ1v) is 9.75. The van der Waals surface area contributed by atoms with E-state index < -0.39 is 0 Å². The van der Waals surface area contributed by atoms with Gasteiger partial charge < -0.3 is 15.2 Å². The van der Waals surface area contributed by atoms with Crippen LogP contribution in [0.3, 0.4) is 0 Å². The second-order valence-corrected chi connectivity index (χ2v) is 8.41. The van der Waals surface area contributed by atoms with E-state index in [0.717, 1.165) is 46.8 Å². The van der Waals surface area contributed by atoms with E-state index in [1.54, 1.807) is 0 Å². The van der Waals surface area contributed by atoms with Crippen LogP contribution < -0.4 is 5.32 Å². The Hall–Kier alpha value is -2.25. The average Bonchev–Trinajstić information content (AvgIpc) is 3.18. The Morgan fingerprint density at radius 2 is 2.04 bits per heavy atom. The maximum absolute atomic E-state index is 12.5. The third kappa shape index (κ3) is 3.24. The van der Waals surface area contributed by atoms with Gasteiger partial charge in [-0.3, -0.25) is 4.79 Å². The first-order valence-electron chi connectivity index (χ1n) is 8.93. The van der Waals surface area contributed by atoms with E-state index in [4.69, 9.17) is 4.98 Å². The van der Waals surface area contributed by atoms with Crippen LogP contribution in [0.15, 0.2) is 18.3 Å². The number of carbonyl (C=O) groups excluding carboxylic acids is 1. The molecule has 0 radical (unpaired) electrons. The molecule has 2 N–H and O–H groups in total. The molecule has 7 heteroatoms. The molecule has 4 rings (SSSR count). The molecule has 0 bridgehead atoms. The van der Waals surface area contributed by atoms with E-state index in [0.29, 0.717) is 17.4 Å². The van der Waals surface area contributed by atoms with E-state index in [-0.39, 0.29) is 5.91 Å². The number of H-pyrrole nitrogens is 1. The molecule has 136 valence electrons. The fourth-order valence-corrected chi connectivity index (χ4v) is 4.45. The molecule has 0 atom stereocenters. The van der Waals surface area contributed by atoms with Gasteiger partial charge >= 0.3 is 0 Å². The predicted octanol–water partition coefficient (Wildman–Crippen LogP) is 3.70. The molecule has 1 aliphatic heterocycles. The molecular formula is C19H23N5OS. The van der Waals surface area contributed by atoms with E-state index in [2.05, 4.69) is 33.4 Å². The number of rotatable bonds is 3. The molecule has 0 unspecified atom stereocenters. The molecular weight excluding hydrogens is 346 g/mol. The highest BCUT2D eigenvalue weighted by atomic mass is 32.1. The van der Waals surface area contributed by atoms with E-state index in [9.17, 15) is 4.79 Å². The molecule has 1 fully saturated rings. The number of hydrogen-bond donors (Lipinski definition) is 2. The normalized spacial score (nSPS) is 16.3. The van der Waals surface area contributed by atoms with Gasteiger partial charge in [0.05, 0.1) is 16.0 Å². The number of hydrogen-bond acceptors (Lipinski definition) is 5. The number of amides is 1. The van der Waals surface area contributed by atoms with Gasteiger partial charge in [0.15, 0.2) is 0 Å². The van der Waals surface area contributed by atoms with E-state index in [1.807, 2.05) is 26.0 Å². The Kier molecular flexibility index (Phi) is 4.50. The Balaban J connectivity index is 1.60. The Morgan fingerprint density at radius 3 is 2.73 bits per heavy atom. The zero-order valence-electron chi connectivity index (χ0n) is 15.3. The van der Waals surface area contributed by atoms with E-state index in [1.165, 1.54) is 16.9 Å². The molecule has 1 saturated heterocycles. The minimum atomic E-state index is -0.199. The third-order valence-electron chi connectivity index (χ3n) is 5.07. The Bertz CT molecular complexity index is 952. The SMILES string of the molecule is Cc1nc(C(=O)Nc2ccc3[nH]cc(C4CCN(C)CC4)c3n2)c(C)s1. The number of piperidine rings is 1. The first-order chi connectivity index (χ1) is 12.5. The standard InChI is InChI=1S/C19H23N5OS/c1-11-17(21-12(2)26-11)19(25)23-16-5-4-15-18(22-16)14(10-20-15)13-6-8-24(3)9-7-13/h4-5,10,13,20H,6-9H2,1-3H3,(H,22,23,25). The highest BCUT2D eigenvalue weighted by molar-refractivity contribution is 7.11. The summed E-state index contributed by atoms with van der Waals surface area (Å²) in [6.45, 7) is 6.04. The van der Waals surface area contributed by atoms with Gasteiger partial charge in [-0.05, 0) is 70.4 Å². The molecule has 1 amide bonds. The lowest BCUT2D eigenvalue weighted by molar-refractivity contribution is 0.102. The summed E-state index contributed by atoms with van der Waals surface area (Å²) in [6, 6.07) is 3.82. The lowest BCUT2D eigenvalue weighted by atomic mass is 9.91. The van der Waals surface area contributed by atoms with Gasteiger partial charge in [0, 0.05) is 11.1 Å². The molecule has 4 heterocycles. The zero-order valence-corrected chi connectivity index (χ0v) is 16.1. The van der Waals surface area contributed by atoms with Crippen LogP contribution in [0.2, 0.25) is 0 Å². The zero-order chi connectivity index (χ0) is 18.3. The van der Waals surface area contributed by atoms with Crippen molar-refractivity contribution in [2.75, 3.05) is 25.5 Å². The molecule has 3 aromatic heterocycles. The second kappa shape index (κ2) is 6.81. The van der Waals surface area contributed by atoms with Gasteiger partial charge in [0.1, 0.15) is 11.5 Å². The number of nitrogens with zero attached hydrogens (tertiary/aromatic N) is 3. The maximum Gasteiger partial charge on any atom is 0.276 e. The number of thiazole rings is 1. The van der Waals surface area contributed by atoms with Crippen LogP contribution in [0, 0.1) is 13.8 Å². The van der Waals surface area contributed by atoms with Gasteiger partial charge in [0.2, 0.25) is 0 Å². The van der Waals surface area contributed by atoms with Crippen molar-refractivity contribution in [2.45, 2.75) is 32.6 Å². The highest BCUT2D eigenvalue weighted by Gasteiger charge is 2.22. The van der Waals surface area contributed by atoms with Gasteiger partial charge in [-0.2, -0.15) is 0 Å². The molecule has 0 spiro atoms. The van der Waals surface area contributed by atoms with Gasteiger partial charge in [-0.1, -0.05) is 0 Å². The number of aromatic amines is 1. The Labute approximate surface area is 156 Å². The monoisotopic (exact) mass is 369 g/mol. The van der Waals surface area contributed by atoms with Crippen molar-refractivity contribution in [3.8, 4) is 0 Å².